The van der Waals surface area contributed by atoms with Gasteiger partial charge >= 0.3 is 0 Å². The van der Waals surface area contributed by atoms with E-state index in [1.807, 2.05) is 60.7 Å². The molecular formula is C26H25N3O4S. The van der Waals surface area contributed by atoms with E-state index >= 15 is 0 Å². The van der Waals surface area contributed by atoms with Crippen molar-refractivity contribution >= 4 is 40.1 Å². The molecular weight excluding hydrogens is 450 g/mol. The molecule has 1 aliphatic rings. The summed E-state index contributed by atoms with van der Waals surface area (Å²) in [7, 11) is 3.08. The molecule has 3 aromatic carbocycles. The van der Waals surface area contributed by atoms with Crippen LogP contribution in [0.25, 0.3) is 0 Å². The first-order chi connectivity index (χ1) is 16.6. The Bertz CT molecular complexity index is 1190. The molecule has 1 fully saturated rings. The maximum Gasteiger partial charge on any atom is 0.242 e. The van der Waals surface area contributed by atoms with Crippen molar-refractivity contribution < 1.29 is 19.1 Å². The number of amides is 2. The number of thioether (sulfide) groups is 1. The number of anilines is 1. The van der Waals surface area contributed by atoms with Crippen LogP contribution in [0.2, 0.25) is 0 Å². The molecule has 1 unspecified atom stereocenters. The van der Waals surface area contributed by atoms with Gasteiger partial charge in [0.15, 0.2) is 16.7 Å². The second kappa shape index (κ2) is 10.9. The highest BCUT2D eigenvalue weighted by Crippen LogP contribution is 2.34. The van der Waals surface area contributed by atoms with E-state index in [0.29, 0.717) is 28.9 Å². The van der Waals surface area contributed by atoms with Gasteiger partial charge in [0.25, 0.3) is 0 Å². The topological polar surface area (TPSA) is 80.2 Å². The van der Waals surface area contributed by atoms with Crippen LogP contribution in [0.1, 0.15) is 12.0 Å². The molecule has 0 aromatic heterocycles. The Morgan fingerprint density at radius 2 is 1.65 bits per heavy atom. The molecule has 34 heavy (non-hydrogen) atoms. The molecule has 1 N–H and O–H groups in total. The number of nitrogens with zero attached hydrogens (tertiary/aromatic N) is 2. The Labute approximate surface area is 202 Å². The minimum atomic E-state index is -0.564. The number of para-hydroxylation sites is 1. The molecule has 3 aromatic rings. The molecule has 0 aliphatic carbocycles. The molecule has 0 saturated carbocycles. The third-order valence-corrected chi connectivity index (χ3v) is 6.40. The number of rotatable bonds is 8. The summed E-state index contributed by atoms with van der Waals surface area (Å²) in [5, 5.41) is 2.87. The molecule has 8 heteroatoms. The highest BCUT2D eigenvalue weighted by atomic mass is 32.2. The molecule has 7 nitrogen and oxygen atoms in total. The fourth-order valence-electron chi connectivity index (χ4n) is 3.54. The Morgan fingerprint density at radius 3 is 2.32 bits per heavy atom. The number of carbonyl (C=O) groups is 2. The number of hydrogen-bond donors (Lipinski definition) is 1. The van der Waals surface area contributed by atoms with Gasteiger partial charge in [-0.25, -0.2) is 4.99 Å². The molecule has 1 saturated heterocycles. The van der Waals surface area contributed by atoms with Crippen LogP contribution in [0, 0.1) is 0 Å². The first-order valence-electron chi connectivity index (χ1n) is 10.7. The lowest BCUT2D eigenvalue weighted by Gasteiger charge is -2.16. The number of aliphatic imine (C=N–C) groups is 1. The third kappa shape index (κ3) is 5.58. The minimum Gasteiger partial charge on any atom is -0.493 e. The molecule has 174 valence electrons. The zero-order valence-corrected chi connectivity index (χ0v) is 19.7. The van der Waals surface area contributed by atoms with Crippen LogP contribution in [0.3, 0.4) is 0 Å². The number of benzene rings is 3. The van der Waals surface area contributed by atoms with E-state index in [-0.39, 0.29) is 18.2 Å². The Kier molecular flexibility index (Phi) is 7.49. The Morgan fingerprint density at radius 1 is 0.971 bits per heavy atom. The minimum absolute atomic E-state index is 0.0247. The summed E-state index contributed by atoms with van der Waals surface area (Å²) in [6.45, 7) is 0.395. The van der Waals surface area contributed by atoms with Crippen molar-refractivity contribution in [2.45, 2.75) is 18.2 Å². The van der Waals surface area contributed by atoms with E-state index in [1.54, 1.807) is 30.2 Å². The van der Waals surface area contributed by atoms with Crippen molar-refractivity contribution in [1.29, 1.82) is 0 Å². The number of hydrogen-bond acceptors (Lipinski definition) is 6. The average Bonchev–Trinajstić information content (AvgIpc) is 3.13. The average molecular weight is 476 g/mol. The van der Waals surface area contributed by atoms with Gasteiger partial charge in [-0.15, -0.1) is 0 Å². The summed E-state index contributed by atoms with van der Waals surface area (Å²) in [5.74, 6) is 0.683. The normalized spacial score (nSPS) is 16.5. The lowest BCUT2D eigenvalue weighted by molar-refractivity contribution is -0.128. The summed E-state index contributed by atoms with van der Waals surface area (Å²) >= 11 is 1.31. The van der Waals surface area contributed by atoms with Crippen molar-refractivity contribution in [3.63, 3.8) is 0 Å². The van der Waals surface area contributed by atoms with Gasteiger partial charge in [-0.1, -0.05) is 60.3 Å². The first-order valence-corrected chi connectivity index (χ1v) is 11.6. The lowest BCUT2D eigenvalue weighted by atomic mass is 10.2. The standard InChI is InChI=1S/C26H25N3O4S/c1-32-21-14-13-20(15-22(21)33-2)27-24(30)16-23-25(31)29(17-18-9-5-3-6-10-18)26(34-23)28-19-11-7-4-8-12-19/h3-15,23H,16-17H2,1-2H3,(H,27,30). The molecule has 1 heterocycles. The van der Waals surface area contributed by atoms with Crippen LogP contribution < -0.4 is 14.8 Å². The van der Waals surface area contributed by atoms with Gasteiger partial charge in [-0.2, -0.15) is 0 Å². The van der Waals surface area contributed by atoms with Crippen molar-refractivity contribution in [3.8, 4) is 11.5 Å². The summed E-state index contributed by atoms with van der Waals surface area (Å²) in [6, 6.07) is 24.4. The maximum absolute atomic E-state index is 13.3. The van der Waals surface area contributed by atoms with Crippen molar-refractivity contribution in [2.75, 3.05) is 19.5 Å². The first kappa shape index (κ1) is 23.4. The van der Waals surface area contributed by atoms with Gasteiger partial charge in [0, 0.05) is 18.2 Å². The highest BCUT2D eigenvalue weighted by molar-refractivity contribution is 8.15. The molecule has 0 bridgehead atoms. The molecule has 1 aliphatic heterocycles. The SMILES string of the molecule is COc1ccc(NC(=O)CC2SC(=Nc3ccccc3)N(Cc3ccccc3)C2=O)cc1OC. The second-order valence-corrected chi connectivity index (χ2v) is 8.74. The van der Waals surface area contributed by atoms with Gasteiger partial charge in [0.05, 0.1) is 26.5 Å². The number of methoxy groups -OCH3 is 2. The molecule has 0 radical (unpaired) electrons. The van der Waals surface area contributed by atoms with Crippen LogP contribution in [0.5, 0.6) is 11.5 Å². The second-order valence-electron chi connectivity index (χ2n) is 7.57. The quantitative estimate of drug-likeness (QED) is 0.503. The van der Waals surface area contributed by atoms with Crippen LogP contribution >= 0.6 is 11.8 Å². The van der Waals surface area contributed by atoms with Crippen molar-refractivity contribution in [1.82, 2.24) is 4.90 Å². The van der Waals surface area contributed by atoms with Crippen molar-refractivity contribution in [2.24, 2.45) is 4.99 Å². The van der Waals surface area contributed by atoms with E-state index in [9.17, 15) is 9.59 Å². The van der Waals surface area contributed by atoms with Crippen LogP contribution in [-0.4, -0.2) is 41.4 Å². The van der Waals surface area contributed by atoms with Crippen LogP contribution in [0.4, 0.5) is 11.4 Å². The fourth-order valence-corrected chi connectivity index (χ4v) is 4.70. The van der Waals surface area contributed by atoms with Gasteiger partial charge in [0.1, 0.15) is 5.25 Å². The van der Waals surface area contributed by atoms with E-state index in [2.05, 4.69) is 5.32 Å². The van der Waals surface area contributed by atoms with Crippen LogP contribution in [0.15, 0.2) is 83.9 Å². The number of amidine groups is 1. The highest BCUT2D eigenvalue weighted by Gasteiger charge is 2.39. The predicted octanol–water partition coefficient (Wildman–Crippen LogP) is 4.86. The number of nitrogens with one attached hydrogen (secondary N) is 1. The molecule has 4 rings (SSSR count). The van der Waals surface area contributed by atoms with E-state index in [4.69, 9.17) is 14.5 Å². The van der Waals surface area contributed by atoms with Gasteiger partial charge in [-0.3, -0.25) is 14.5 Å². The molecule has 2 amide bonds. The predicted molar refractivity (Wildman–Crippen MR) is 135 cm³/mol. The smallest absolute Gasteiger partial charge is 0.242 e. The van der Waals surface area contributed by atoms with E-state index in [0.717, 1.165) is 11.3 Å². The summed E-state index contributed by atoms with van der Waals surface area (Å²) < 4.78 is 10.5. The lowest BCUT2D eigenvalue weighted by Crippen LogP contribution is -2.33. The van der Waals surface area contributed by atoms with Crippen LogP contribution in [-0.2, 0) is 16.1 Å². The largest absolute Gasteiger partial charge is 0.493 e. The third-order valence-electron chi connectivity index (χ3n) is 5.22. The zero-order valence-electron chi connectivity index (χ0n) is 18.9. The van der Waals surface area contributed by atoms with Crippen molar-refractivity contribution in [3.05, 3.63) is 84.4 Å². The molecule has 0 spiro atoms. The maximum atomic E-state index is 13.3. The molecule has 1 atom stereocenters. The summed E-state index contributed by atoms with van der Waals surface area (Å²) in [6.07, 6.45) is 0.0247. The van der Waals surface area contributed by atoms with E-state index < -0.39 is 5.25 Å². The summed E-state index contributed by atoms with van der Waals surface area (Å²) in [4.78, 5) is 32.4. The monoisotopic (exact) mass is 475 g/mol. The number of ether oxygens (including phenoxy) is 2. The van der Waals surface area contributed by atoms with Gasteiger partial charge < -0.3 is 14.8 Å². The Balaban J connectivity index is 1.51. The van der Waals surface area contributed by atoms with Gasteiger partial charge in [0.2, 0.25) is 11.8 Å². The zero-order chi connectivity index (χ0) is 23.9. The fraction of sp³-hybridized carbons (Fsp3) is 0.192. The number of carbonyl (C=O) groups excluding carboxylic acids is 2. The Hall–Kier alpha value is -3.78. The van der Waals surface area contributed by atoms with Gasteiger partial charge in [-0.05, 0) is 29.8 Å². The summed E-state index contributed by atoms with van der Waals surface area (Å²) in [5.41, 5.74) is 2.32. The van der Waals surface area contributed by atoms with E-state index in [1.165, 1.54) is 18.9 Å².